The number of hydrogen-bond acceptors (Lipinski definition) is 3. The average Bonchev–Trinajstić information content (AvgIpc) is 3.13. The lowest BCUT2D eigenvalue weighted by molar-refractivity contribution is 0.222. The van der Waals surface area contributed by atoms with Crippen molar-refractivity contribution < 1.29 is 14.3 Å². The summed E-state index contributed by atoms with van der Waals surface area (Å²) in [5, 5.41) is 2.93. The highest BCUT2D eigenvalue weighted by atomic mass is 16.5. The summed E-state index contributed by atoms with van der Waals surface area (Å²) < 4.78 is 10.5. The highest BCUT2D eigenvalue weighted by Crippen LogP contribution is 2.31. The van der Waals surface area contributed by atoms with Gasteiger partial charge in [0.1, 0.15) is 11.5 Å². The number of urea groups is 1. The lowest BCUT2D eigenvalue weighted by atomic mass is 9.99. The molecule has 0 unspecified atom stereocenters. The van der Waals surface area contributed by atoms with Crippen LogP contribution in [0.1, 0.15) is 17.9 Å². The van der Waals surface area contributed by atoms with Crippen molar-refractivity contribution >= 4 is 11.7 Å². The van der Waals surface area contributed by atoms with E-state index < -0.39 is 0 Å². The predicted octanol–water partition coefficient (Wildman–Crippen LogP) is 3.73. The summed E-state index contributed by atoms with van der Waals surface area (Å²) in [6, 6.07) is 15.6. The van der Waals surface area contributed by atoms with Crippen LogP contribution in [0.5, 0.6) is 11.5 Å². The zero-order chi connectivity index (χ0) is 16.9. The molecule has 5 heteroatoms. The van der Waals surface area contributed by atoms with Crippen molar-refractivity contribution in [3.8, 4) is 11.5 Å². The Morgan fingerprint density at radius 1 is 1.12 bits per heavy atom. The van der Waals surface area contributed by atoms with E-state index in [1.54, 1.807) is 32.4 Å². The lowest BCUT2D eigenvalue weighted by Gasteiger charge is -2.19. The van der Waals surface area contributed by atoms with Crippen molar-refractivity contribution in [1.29, 1.82) is 0 Å². The number of methoxy groups -OCH3 is 2. The maximum absolute atomic E-state index is 12.5. The lowest BCUT2D eigenvalue weighted by Crippen LogP contribution is -2.32. The summed E-state index contributed by atoms with van der Waals surface area (Å²) in [5.74, 6) is 1.67. The Labute approximate surface area is 142 Å². The Hall–Kier alpha value is -2.69. The molecular formula is C19H22N2O3. The number of rotatable bonds is 4. The predicted molar refractivity (Wildman–Crippen MR) is 93.9 cm³/mol. The van der Waals surface area contributed by atoms with Crippen molar-refractivity contribution in [2.24, 2.45) is 0 Å². The minimum Gasteiger partial charge on any atom is -0.497 e. The number of benzene rings is 2. The number of hydrogen-bond donors (Lipinski definition) is 1. The third-order valence-corrected chi connectivity index (χ3v) is 4.40. The Kier molecular flexibility index (Phi) is 4.89. The Bertz CT molecular complexity index is 703. The summed E-state index contributed by atoms with van der Waals surface area (Å²) in [7, 11) is 3.17. The van der Waals surface area contributed by atoms with Crippen LogP contribution < -0.4 is 14.8 Å². The SMILES string of the molecule is COc1ccc(NC(=O)N2CC[C@H](c3ccccc3)C2)c(OC)c1. The first-order valence-electron chi connectivity index (χ1n) is 8.04. The largest absolute Gasteiger partial charge is 0.497 e. The molecule has 2 amide bonds. The van der Waals surface area contributed by atoms with Crippen LogP contribution in [0.3, 0.4) is 0 Å². The van der Waals surface area contributed by atoms with Gasteiger partial charge in [-0.2, -0.15) is 0 Å². The number of anilines is 1. The highest BCUT2D eigenvalue weighted by Gasteiger charge is 2.27. The number of likely N-dealkylation sites (tertiary alicyclic amines) is 1. The van der Waals surface area contributed by atoms with E-state index in [0.29, 0.717) is 23.1 Å². The Morgan fingerprint density at radius 3 is 2.62 bits per heavy atom. The second-order valence-corrected chi connectivity index (χ2v) is 5.84. The zero-order valence-corrected chi connectivity index (χ0v) is 14.0. The van der Waals surface area contributed by atoms with Gasteiger partial charge in [-0.05, 0) is 24.1 Å². The van der Waals surface area contributed by atoms with Crippen molar-refractivity contribution in [1.82, 2.24) is 4.90 Å². The molecule has 0 aromatic heterocycles. The van der Waals surface area contributed by atoms with Gasteiger partial charge in [0.05, 0.1) is 19.9 Å². The van der Waals surface area contributed by atoms with E-state index >= 15 is 0 Å². The van der Waals surface area contributed by atoms with Crippen molar-refractivity contribution in [3.05, 3.63) is 54.1 Å². The standard InChI is InChI=1S/C19H22N2O3/c1-23-16-8-9-17(18(12-16)24-2)20-19(22)21-11-10-15(13-21)14-6-4-3-5-7-14/h3-9,12,15H,10-11,13H2,1-2H3,(H,20,22)/t15-/m0/s1. The first kappa shape index (κ1) is 16.2. The molecule has 0 radical (unpaired) electrons. The Balaban J connectivity index is 1.66. The molecule has 126 valence electrons. The average molecular weight is 326 g/mol. The molecule has 1 atom stereocenters. The van der Waals surface area contributed by atoms with Crippen LogP contribution >= 0.6 is 0 Å². The molecule has 5 nitrogen and oxygen atoms in total. The minimum absolute atomic E-state index is 0.100. The van der Waals surface area contributed by atoms with Crippen LogP contribution in [0, 0.1) is 0 Å². The van der Waals surface area contributed by atoms with E-state index in [-0.39, 0.29) is 6.03 Å². The van der Waals surface area contributed by atoms with Crippen LogP contribution in [-0.4, -0.2) is 38.2 Å². The molecule has 0 aliphatic carbocycles. The molecule has 1 aliphatic rings. The fourth-order valence-corrected chi connectivity index (χ4v) is 3.04. The maximum Gasteiger partial charge on any atom is 0.321 e. The fraction of sp³-hybridized carbons (Fsp3) is 0.316. The molecule has 3 rings (SSSR count). The molecule has 1 heterocycles. The van der Waals surface area contributed by atoms with E-state index in [1.165, 1.54) is 5.56 Å². The van der Waals surface area contributed by atoms with Gasteiger partial charge < -0.3 is 19.7 Å². The van der Waals surface area contributed by atoms with E-state index in [0.717, 1.165) is 19.5 Å². The molecule has 2 aromatic carbocycles. The van der Waals surface area contributed by atoms with Crippen molar-refractivity contribution in [3.63, 3.8) is 0 Å². The zero-order valence-electron chi connectivity index (χ0n) is 14.0. The number of carbonyl (C=O) groups is 1. The van der Waals surface area contributed by atoms with Gasteiger partial charge in [0.15, 0.2) is 0 Å². The van der Waals surface area contributed by atoms with Gasteiger partial charge in [-0.15, -0.1) is 0 Å². The number of amides is 2. The van der Waals surface area contributed by atoms with Gasteiger partial charge in [0.2, 0.25) is 0 Å². The second-order valence-electron chi connectivity index (χ2n) is 5.84. The quantitative estimate of drug-likeness (QED) is 0.931. The molecule has 1 N–H and O–H groups in total. The van der Waals surface area contributed by atoms with Gasteiger partial charge in [-0.1, -0.05) is 30.3 Å². The van der Waals surface area contributed by atoms with Gasteiger partial charge in [0, 0.05) is 25.1 Å². The van der Waals surface area contributed by atoms with Gasteiger partial charge in [0.25, 0.3) is 0 Å². The third kappa shape index (κ3) is 3.45. The van der Waals surface area contributed by atoms with E-state index in [4.69, 9.17) is 9.47 Å². The molecule has 2 aromatic rings. The molecule has 1 fully saturated rings. The number of nitrogens with zero attached hydrogens (tertiary/aromatic N) is 1. The van der Waals surface area contributed by atoms with Crippen LogP contribution in [0.2, 0.25) is 0 Å². The molecule has 0 saturated carbocycles. The fourth-order valence-electron chi connectivity index (χ4n) is 3.04. The molecule has 1 aliphatic heterocycles. The molecule has 0 bridgehead atoms. The summed E-state index contributed by atoms with van der Waals surface area (Å²) in [4.78, 5) is 14.4. The molecule has 24 heavy (non-hydrogen) atoms. The monoisotopic (exact) mass is 326 g/mol. The second kappa shape index (κ2) is 7.25. The van der Waals surface area contributed by atoms with Crippen LogP contribution in [-0.2, 0) is 0 Å². The first-order valence-corrected chi connectivity index (χ1v) is 8.04. The summed E-state index contributed by atoms with van der Waals surface area (Å²) >= 11 is 0. The van der Waals surface area contributed by atoms with Crippen LogP contribution in [0.25, 0.3) is 0 Å². The number of carbonyl (C=O) groups excluding carboxylic acids is 1. The van der Waals surface area contributed by atoms with E-state index in [9.17, 15) is 4.79 Å². The number of nitrogens with one attached hydrogen (secondary N) is 1. The summed E-state index contributed by atoms with van der Waals surface area (Å²) in [6.07, 6.45) is 0.983. The van der Waals surface area contributed by atoms with Crippen LogP contribution in [0.15, 0.2) is 48.5 Å². The highest BCUT2D eigenvalue weighted by molar-refractivity contribution is 5.91. The minimum atomic E-state index is -0.100. The van der Waals surface area contributed by atoms with Gasteiger partial charge >= 0.3 is 6.03 Å². The third-order valence-electron chi connectivity index (χ3n) is 4.40. The molecular weight excluding hydrogens is 304 g/mol. The topological polar surface area (TPSA) is 50.8 Å². The number of ether oxygens (including phenoxy) is 2. The summed E-state index contributed by atoms with van der Waals surface area (Å²) in [5.41, 5.74) is 1.93. The normalized spacial score (nSPS) is 16.8. The molecule has 1 saturated heterocycles. The smallest absolute Gasteiger partial charge is 0.321 e. The van der Waals surface area contributed by atoms with Gasteiger partial charge in [-0.25, -0.2) is 4.79 Å². The molecule has 0 spiro atoms. The van der Waals surface area contributed by atoms with E-state index in [1.807, 2.05) is 23.1 Å². The summed E-state index contributed by atoms with van der Waals surface area (Å²) in [6.45, 7) is 1.48. The Morgan fingerprint density at radius 2 is 1.92 bits per heavy atom. The van der Waals surface area contributed by atoms with Crippen molar-refractivity contribution in [2.45, 2.75) is 12.3 Å². The maximum atomic E-state index is 12.5. The van der Waals surface area contributed by atoms with Crippen molar-refractivity contribution in [2.75, 3.05) is 32.6 Å². The first-order chi connectivity index (χ1) is 11.7. The van der Waals surface area contributed by atoms with E-state index in [2.05, 4.69) is 17.4 Å². The van der Waals surface area contributed by atoms with Crippen LogP contribution in [0.4, 0.5) is 10.5 Å². The van der Waals surface area contributed by atoms with Gasteiger partial charge in [-0.3, -0.25) is 0 Å².